The smallest absolute Gasteiger partial charge is 0.243 e. The van der Waals surface area contributed by atoms with Crippen molar-refractivity contribution in [2.45, 2.75) is 24.3 Å². The number of nitrogens with zero attached hydrogens (tertiary/aromatic N) is 1. The van der Waals surface area contributed by atoms with Gasteiger partial charge in [-0.2, -0.15) is 4.31 Å². The van der Waals surface area contributed by atoms with Crippen LogP contribution in [0.4, 0.5) is 0 Å². The van der Waals surface area contributed by atoms with Crippen molar-refractivity contribution in [2.75, 3.05) is 13.1 Å². The molecule has 0 saturated carbocycles. The number of amides is 1. The summed E-state index contributed by atoms with van der Waals surface area (Å²) in [5.74, 6) is -0.391. The highest BCUT2D eigenvalue weighted by atomic mass is 35.5. The van der Waals surface area contributed by atoms with Crippen LogP contribution < -0.4 is 5.32 Å². The van der Waals surface area contributed by atoms with E-state index in [0.29, 0.717) is 16.5 Å². The zero-order valence-corrected chi connectivity index (χ0v) is 19.9. The molecule has 0 fully saturated rings. The van der Waals surface area contributed by atoms with Crippen molar-refractivity contribution < 1.29 is 13.2 Å². The second-order valence-corrected chi connectivity index (χ2v) is 10.2. The second-order valence-electron chi connectivity index (χ2n) is 7.37. The SMILES string of the molecule is CC(NC(=O)CN(CCc1ccccc1)S(=O)(=O)c1ccc(Cl)cc1)c1ccc(Cl)cc1. The van der Waals surface area contributed by atoms with E-state index in [4.69, 9.17) is 23.2 Å². The van der Waals surface area contributed by atoms with Crippen LogP contribution >= 0.6 is 23.2 Å². The lowest BCUT2D eigenvalue weighted by molar-refractivity contribution is -0.121. The van der Waals surface area contributed by atoms with Gasteiger partial charge in [0, 0.05) is 16.6 Å². The fourth-order valence-electron chi connectivity index (χ4n) is 3.22. The fourth-order valence-corrected chi connectivity index (χ4v) is 4.87. The summed E-state index contributed by atoms with van der Waals surface area (Å²) in [7, 11) is -3.89. The normalized spacial score (nSPS) is 12.5. The summed E-state index contributed by atoms with van der Waals surface area (Å²) < 4.78 is 27.8. The molecule has 3 aromatic rings. The van der Waals surface area contributed by atoms with Gasteiger partial charge in [0.15, 0.2) is 0 Å². The largest absolute Gasteiger partial charge is 0.348 e. The molecule has 0 aliphatic carbocycles. The van der Waals surface area contributed by atoms with Crippen molar-refractivity contribution in [3.8, 4) is 0 Å². The third kappa shape index (κ3) is 6.56. The molecule has 0 heterocycles. The molecule has 3 rings (SSSR count). The fraction of sp³-hybridized carbons (Fsp3) is 0.208. The highest BCUT2D eigenvalue weighted by molar-refractivity contribution is 7.89. The standard InChI is InChI=1S/C24H24Cl2N2O3S/c1-18(20-7-9-21(25)10-8-20)27-24(29)17-28(16-15-19-5-3-2-4-6-19)32(30,31)23-13-11-22(26)12-14-23/h2-14,18H,15-17H2,1H3,(H,27,29). The molecule has 0 aliphatic rings. The third-order valence-electron chi connectivity index (χ3n) is 5.01. The Morgan fingerprint density at radius 2 is 1.47 bits per heavy atom. The lowest BCUT2D eigenvalue weighted by Crippen LogP contribution is -2.42. The molecular weight excluding hydrogens is 467 g/mol. The molecule has 1 N–H and O–H groups in total. The highest BCUT2D eigenvalue weighted by Crippen LogP contribution is 2.20. The van der Waals surface area contributed by atoms with Gasteiger partial charge in [0.05, 0.1) is 17.5 Å². The summed E-state index contributed by atoms with van der Waals surface area (Å²) in [5, 5.41) is 3.91. The minimum atomic E-state index is -3.89. The molecule has 0 aromatic heterocycles. The summed E-state index contributed by atoms with van der Waals surface area (Å²) in [6.45, 7) is 1.70. The summed E-state index contributed by atoms with van der Waals surface area (Å²) in [5.41, 5.74) is 1.86. The molecule has 0 bridgehead atoms. The number of halogens is 2. The molecule has 1 unspecified atom stereocenters. The van der Waals surface area contributed by atoms with Gasteiger partial charge in [-0.15, -0.1) is 0 Å². The van der Waals surface area contributed by atoms with E-state index in [-0.39, 0.29) is 24.0 Å². The van der Waals surface area contributed by atoms with E-state index >= 15 is 0 Å². The van der Waals surface area contributed by atoms with E-state index < -0.39 is 15.9 Å². The maximum atomic E-state index is 13.3. The van der Waals surface area contributed by atoms with E-state index in [1.807, 2.05) is 49.4 Å². The average Bonchev–Trinajstić information content (AvgIpc) is 2.78. The monoisotopic (exact) mass is 490 g/mol. The topological polar surface area (TPSA) is 66.5 Å². The summed E-state index contributed by atoms with van der Waals surface area (Å²) in [4.78, 5) is 12.9. The molecule has 1 atom stereocenters. The Morgan fingerprint density at radius 1 is 0.906 bits per heavy atom. The lowest BCUT2D eigenvalue weighted by atomic mass is 10.1. The van der Waals surface area contributed by atoms with Gasteiger partial charge in [0.2, 0.25) is 15.9 Å². The molecule has 0 spiro atoms. The van der Waals surface area contributed by atoms with E-state index in [2.05, 4.69) is 5.32 Å². The second kappa shape index (κ2) is 11.0. The van der Waals surface area contributed by atoms with Crippen molar-refractivity contribution in [2.24, 2.45) is 0 Å². The minimum absolute atomic E-state index is 0.0912. The van der Waals surface area contributed by atoms with Crippen LogP contribution in [-0.2, 0) is 21.2 Å². The lowest BCUT2D eigenvalue weighted by Gasteiger charge is -2.23. The molecule has 1 amide bonds. The summed E-state index contributed by atoms with van der Waals surface area (Å²) >= 11 is 11.8. The molecule has 8 heteroatoms. The van der Waals surface area contributed by atoms with Gasteiger partial charge in [-0.05, 0) is 60.9 Å². The molecule has 0 aliphatic heterocycles. The van der Waals surface area contributed by atoms with Gasteiger partial charge in [0.1, 0.15) is 0 Å². The summed E-state index contributed by atoms with van der Waals surface area (Å²) in [6.07, 6.45) is 0.480. The Kier molecular flexibility index (Phi) is 8.32. The van der Waals surface area contributed by atoms with Crippen LogP contribution in [0.3, 0.4) is 0 Å². The molecule has 0 saturated heterocycles. The quantitative estimate of drug-likeness (QED) is 0.453. The van der Waals surface area contributed by atoms with Crippen LogP contribution in [0.2, 0.25) is 10.0 Å². The Labute approximate surface area is 199 Å². The van der Waals surface area contributed by atoms with Crippen LogP contribution in [0.5, 0.6) is 0 Å². The number of hydrogen-bond acceptors (Lipinski definition) is 3. The van der Waals surface area contributed by atoms with E-state index in [1.54, 1.807) is 12.1 Å². The van der Waals surface area contributed by atoms with E-state index in [1.165, 1.54) is 28.6 Å². The van der Waals surface area contributed by atoms with Crippen molar-refractivity contribution in [1.82, 2.24) is 9.62 Å². The molecule has 168 valence electrons. The number of sulfonamides is 1. The number of hydrogen-bond donors (Lipinski definition) is 1. The van der Waals surface area contributed by atoms with Gasteiger partial charge in [-0.25, -0.2) is 8.42 Å². The predicted molar refractivity (Wildman–Crippen MR) is 128 cm³/mol. The minimum Gasteiger partial charge on any atom is -0.348 e. The Morgan fingerprint density at radius 3 is 2.06 bits per heavy atom. The highest BCUT2D eigenvalue weighted by Gasteiger charge is 2.27. The van der Waals surface area contributed by atoms with Crippen LogP contribution in [0.25, 0.3) is 0 Å². The van der Waals surface area contributed by atoms with Crippen LogP contribution in [0.15, 0.2) is 83.8 Å². The maximum Gasteiger partial charge on any atom is 0.243 e. The van der Waals surface area contributed by atoms with Gasteiger partial charge < -0.3 is 5.32 Å². The predicted octanol–water partition coefficient (Wildman–Crippen LogP) is 5.10. The summed E-state index contributed by atoms with van der Waals surface area (Å²) in [6, 6.07) is 22.3. The molecule has 5 nitrogen and oxygen atoms in total. The first-order chi connectivity index (χ1) is 15.3. The zero-order chi connectivity index (χ0) is 23.1. The van der Waals surface area contributed by atoms with Gasteiger partial charge in [-0.1, -0.05) is 65.7 Å². The Bertz CT molecular complexity index is 1140. The van der Waals surface area contributed by atoms with Crippen LogP contribution in [0, 0.1) is 0 Å². The van der Waals surface area contributed by atoms with Crippen molar-refractivity contribution >= 4 is 39.1 Å². The number of nitrogens with one attached hydrogen (secondary N) is 1. The average molecular weight is 491 g/mol. The van der Waals surface area contributed by atoms with E-state index in [9.17, 15) is 13.2 Å². The van der Waals surface area contributed by atoms with Crippen molar-refractivity contribution in [1.29, 1.82) is 0 Å². The number of carbonyl (C=O) groups is 1. The first-order valence-corrected chi connectivity index (χ1v) is 12.3. The van der Waals surface area contributed by atoms with Crippen molar-refractivity contribution in [3.05, 3.63) is 100 Å². The third-order valence-corrected chi connectivity index (χ3v) is 7.37. The van der Waals surface area contributed by atoms with Crippen molar-refractivity contribution in [3.63, 3.8) is 0 Å². The first-order valence-electron chi connectivity index (χ1n) is 10.1. The molecular formula is C24H24Cl2N2O3S. The van der Waals surface area contributed by atoms with Crippen LogP contribution in [0.1, 0.15) is 24.1 Å². The van der Waals surface area contributed by atoms with E-state index in [0.717, 1.165) is 11.1 Å². The number of carbonyl (C=O) groups excluding carboxylic acids is 1. The Balaban J connectivity index is 1.77. The first kappa shape index (κ1) is 24.3. The molecule has 32 heavy (non-hydrogen) atoms. The Hall–Kier alpha value is -2.38. The van der Waals surface area contributed by atoms with Gasteiger partial charge >= 0.3 is 0 Å². The van der Waals surface area contributed by atoms with Gasteiger partial charge in [-0.3, -0.25) is 4.79 Å². The number of benzene rings is 3. The maximum absolute atomic E-state index is 13.3. The van der Waals surface area contributed by atoms with Crippen LogP contribution in [-0.4, -0.2) is 31.7 Å². The molecule has 0 radical (unpaired) electrons. The molecule has 3 aromatic carbocycles. The zero-order valence-electron chi connectivity index (χ0n) is 17.5. The number of rotatable bonds is 9. The van der Waals surface area contributed by atoms with Gasteiger partial charge in [0.25, 0.3) is 0 Å².